The van der Waals surface area contributed by atoms with Crippen LogP contribution in [0.2, 0.25) is 0 Å². The van der Waals surface area contributed by atoms with Gasteiger partial charge in [-0.1, -0.05) is 48.7 Å². The molecule has 13 heteroatoms. The van der Waals surface area contributed by atoms with Crippen molar-refractivity contribution in [2.45, 2.75) is 76.1 Å². The van der Waals surface area contributed by atoms with Crippen molar-refractivity contribution in [2.75, 3.05) is 19.7 Å². The van der Waals surface area contributed by atoms with E-state index in [1.807, 2.05) is 0 Å². The first-order chi connectivity index (χ1) is 19.7. The van der Waals surface area contributed by atoms with Crippen molar-refractivity contribution in [1.82, 2.24) is 4.90 Å². The maximum atomic E-state index is 13.8. The van der Waals surface area contributed by atoms with Crippen molar-refractivity contribution in [3.8, 4) is 0 Å². The van der Waals surface area contributed by atoms with Gasteiger partial charge in [0.1, 0.15) is 6.61 Å². The van der Waals surface area contributed by atoms with E-state index in [1.54, 1.807) is 43.3 Å². The second kappa shape index (κ2) is 13.3. The maximum Gasteiger partial charge on any atom is 0.469 e. The summed E-state index contributed by atoms with van der Waals surface area (Å²) in [5.41, 5.74) is 6.84. The fourth-order valence-corrected chi connectivity index (χ4v) is 6.09. The number of alkyl halides is 3. The molecule has 2 fully saturated rings. The van der Waals surface area contributed by atoms with Crippen LogP contribution in [-0.2, 0) is 26.7 Å². The maximum absolute atomic E-state index is 13.8. The van der Waals surface area contributed by atoms with Gasteiger partial charge >= 0.3 is 14.0 Å². The monoisotopic (exact) mass is 611 g/mol. The molecule has 1 saturated carbocycles. The number of benzene rings is 2. The fourth-order valence-electron chi connectivity index (χ4n) is 5.67. The van der Waals surface area contributed by atoms with Gasteiger partial charge in [0, 0.05) is 18.7 Å². The Bertz CT molecular complexity index is 1320. The van der Waals surface area contributed by atoms with Gasteiger partial charge in [-0.2, -0.15) is 13.2 Å². The lowest BCUT2D eigenvalue weighted by atomic mass is 9.81. The third-order valence-electron chi connectivity index (χ3n) is 7.87. The molecule has 230 valence electrons. The Kier molecular flexibility index (Phi) is 10.2. The molecule has 1 heterocycles. The number of halogens is 3. The van der Waals surface area contributed by atoms with Crippen LogP contribution in [0.4, 0.5) is 13.2 Å². The standard InChI is InChI=1S/C29H37F3N3O6P/c1-20(34-40-17-21-8-13-25(23-6-3-2-4-7-23)26(16-21)29(30,31)32)22-9-11-24(12-10-22)27(36)35-15-5-14-28(33,18-35)19-41-42(37,38)39/h8-13,16,23H,2-7,14-15,17-19,33H2,1H3,(H2,37,38,39)/b34-20+/t28-/m1/s1. The van der Waals surface area contributed by atoms with Crippen molar-refractivity contribution in [3.63, 3.8) is 0 Å². The average molecular weight is 612 g/mol. The molecule has 1 aliphatic carbocycles. The number of phosphoric ester groups is 1. The molecule has 1 saturated heterocycles. The second-order valence-corrected chi connectivity index (χ2v) is 12.5. The predicted molar refractivity (Wildman–Crippen MR) is 151 cm³/mol. The van der Waals surface area contributed by atoms with Gasteiger partial charge in [-0.15, -0.1) is 0 Å². The van der Waals surface area contributed by atoms with E-state index in [9.17, 15) is 22.5 Å². The van der Waals surface area contributed by atoms with E-state index in [0.29, 0.717) is 47.4 Å². The van der Waals surface area contributed by atoms with E-state index < -0.39 is 25.1 Å². The molecule has 9 nitrogen and oxygen atoms in total. The molecule has 2 aromatic rings. The summed E-state index contributed by atoms with van der Waals surface area (Å²) >= 11 is 0. The van der Waals surface area contributed by atoms with Crippen molar-refractivity contribution in [2.24, 2.45) is 10.9 Å². The number of hydrogen-bond donors (Lipinski definition) is 3. The second-order valence-electron chi connectivity index (χ2n) is 11.2. The highest BCUT2D eigenvalue weighted by Crippen LogP contribution is 2.41. The van der Waals surface area contributed by atoms with Crippen LogP contribution in [0.5, 0.6) is 0 Å². The number of oxime groups is 1. The molecule has 42 heavy (non-hydrogen) atoms. The molecule has 0 bridgehead atoms. The van der Waals surface area contributed by atoms with Crippen LogP contribution in [0.25, 0.3) is 0 Å². The number of nitrogens with zero attached hydrogens (tertiary/aromatic N) is 2. The van der Waals surface area contributed by atoms with E-state index in [1.165, 1.54) is 4.90 Å². The molecule has 4 N–H and O–H groups in total. The molecule has 0 radical (unpaired) electrons. The number of phosphoric acid groups is 1. The van der Waals surface area contributed by atoms with Gasteiger partial charge < -0.3 is 25.3 Å². The predicted octanol–water partition coefficient (Wildman–Crippen LogP) is 5.74. The zero-order valence-corrected chi connectivity index (χ0v) is 24.4. The van der Waals surface area contributed by atoms with Crippen molar-refractivity contribution < 1.29 is 41.7 Å². The van der Waals surface area contributed by atoms with E-state index in [-0.39, 0.29) is 31.6 Å². The first-order valence-electron chi connectivity index (χ1n) is 14.0. The molecule has 4 rings (SSSR count). The summed E-state index contributed by atoms with van der Waals surface area (Å²) in [5.74, 6) is -0.356. The normalized spacial score (nSPS) is 20.9. The summed E-state index contributed by atoms with van der Waals surface area (Å²) in [4.78, 5) is 38.0. The Morgan fingerprint density at radius 2 is 1.76 bits per heavy atom. The van der Waals surface area contributed by atoms with Gasteiger partial charge in [-0.3, -0.25) is 9.32 Å². The highest BCUT2D eigenvalue weighted by Gasteiger charge is 2.37. The molecule has 1 atom stereocenters. The molecule has 2 aromatic carbocycles. The highest BCUT2D eigenvalue weighted by molar-refractivity contribution is 7.46. The average Bonchev–Trinajstić information content (AvgIpc) is 2.95. The zero-order valence-electron chi connectivity index (χ0n) is 23.5. The lowest BCUT2D eigenvalue weighted by Gasteiger charge is -2.40. The van der Waals surface area contributed by atoms with Gasteiger partial charge in [0.15, 0.2) is 0 Å². The first-order valence-corrected chi connectivity index (χ1v) is 15.5. The summed E-state index contributed by atoms with van der Waals surface area (Å²) in [6.45, 7) is 1.72. The van der Waals surface area contributed by atoms with E-state index in [4.69, 9.17) is 20.4 Å². The minimum atomic E-state index is -4.68. The largest absolute Gasteiger partial charge is 0.469 e. The third kappa shape index (κ3) is 8.64. The molecule has 0 spiro atoms. The minimum absolute atomic E-state index is 0.0740. The lowest BCUT2D eigenvalue weighted by molar-refractivity contribution is -0.138. The van der Waals surface area contributed by atoms with Gasteiger partial charge in [0.05, 0.1) is 23.4 Å². The summed E-state index contributed by atoms with van der Waals surface area (Å²) in [7, 11) is -4.68. The number of amides is 1. The van der Waals surface area contributed by atoms with Crippen LogP contribution in [0.15, 0.2) is 47.6 Å². The number of rotatable bonds is 9. The number of carbonyl (C=O) groups is 1. The minimum Gasteiger partial charge on any atom is -0.391 e. The fraction of sp³-hybridized carbons (Fsp3) is 0.517. The van der Waals surface area contributed by atoms with Crippen molar-refractivity contribution >= 4 is 19.4 Å². The summed E-state index contributed by atoms with van der Waals surface area (Å²) in [6, 6.07) is 11.0. The Morgan fingerprint density at radius 3 is 2.40 bits per heavy atom. The van der Waals surface area contributed by atoms with Gasteiger partial charge in [-0.05, 0) is 73.4 Å². The summed E-state index contributed by atoms with van der Waals surface area (Å²) in [5, 5.41) is 4.06. The Labute approximate surface area is 243 Å². The van der Waals surface area contributed by atoms with Crippen LogP contribution in [0.3, 0.4) is 0 Å². The van der Waals surface area contributed by atoms with Crippen LogP contribution < -0.4 is 5.73 Å². The first kappa shape index (κ1) is 32.2. The molecule has 1 aliphatic heterocycles. The lowest BCUT2D eigenvalue weighted by Crippen LogP contribution is -2.58. The number of nitrogens with two attached hydrogens (primary N) is 1. The van der Waals surface area contributed by atoms with Crippen LogP contribution in [0.1, 0.15) is 90.4 Å². The van der Waals surface area contributed by atoms with Crippen LogP contribution >= 0.6 is 7.82 Å². The number of piperidine rings is 1. The number of hydrogen-bond acceptors (Lipinski definition) is 6. The zero-order chi connectivity index (χ0) is 30.5. The SMILES string of the molecule is C/C(=N\OCc1ccc(C2CCCCC2)c(C(F)(F)F)c1)c1ccc(C(=O)N2CCC[C@](N)(COP(=O)(O)O)C2)cc1. The number of likely N-dealkylation sites (tertiary alicyclic amines) is 1. The molecule has 2 aliphatic rings. The van der Waals surface area contributed by atoms with Crippen molar-refractivity contribution in [1.29, 1.82) is 0 Å². The van der Waals surface area contributed by atoms with E-state index >= 15 is 0 Å². The van der Waals surface area contributed by atoms with Crippen LogP contribution in [-0.4, -0.2) is 51.5 Å². The molecular weight excluding hydrogens is 574 g/mol. The van der Waals surface area contributed by atoms with Gasteiger partial charge in [0.2, 0.25) is 0 Å². The van der Waals surface area contributed by atoms with E-state index in [0.717, 1.165) is 38.2 Å². The van der Waals surface area contributed by atoms with Crippen molar-refractivity contribution in [3.05, 3.63) is 70.3 Å². The third-order valence-corrected chi connectivity index (χ3v) is 8.33. The molecule has 1 amide bonds. The number of carbonyl (C=O) groups excluding carboxylic acids is 1. The van der Waals surface area contributed by atoms with Gasteiger partial charge in [0.25, 0.3) is 5.91 Å². The van der Waals surface area contributed by atoms with Crippen LogP contribution in [0, 0.1) is 0 Å². The molecular formula is C29H37F3N3O6P. The molecule has 0 unspecified atom stereocenters. The molecule has 0 aromatic heterocycles. The quantitative estimate of drug-likeness (QED) is 0.187. The van der Waals surface area contributed by atoms with E-state index in [2.05, 4.69) is 9.68 Å². The smallest absolute Gasteiger partial charge is 0.391 e. The summed E-state index contributed by atoms with van der Waals surface area (Å²) in [6.07, 6.45) is 1.06. The highest BCUT2D eigenvalue weighted by atomic mass is 31.2. The Balaban J connectivity index is 1.36. The Hall–Kier alpha value is -2.76. The topological polar surface area (TPSA) is 135 Å². The van der Waals surface area contributed by atoms with Gasteiger partial charge in [-0.25, -0.2) is 4.57 Å². The Morgan fingerprint density at radius 1 is 1.10 bits per heavy atom. The summed E-state index contributed by atoms with van der Waals surface area (Å²) < 4.78 is 57.2.